The van der Waals surface area contributed by atoms with Crippen molar-refractivity contribution in [2.75, 3.05) is 6.61 Å². The predicted molar refractivity (Wildman–Crippen MR) is 57.7 cm³/mol. The van der Waals surface area contributed by atoms with E-state index < -0.39 is 24.6 Å². The van der Waals surface area contributed by atoms with Crippen LogP contribution in [-0.2, 0) is 16.0 Å². The summed E-state index contributed by atoms with van der Waals surface area (Å²) in [6.07, 6.45) is -4.57. The molecule has 8 heteroatoms. The van der Waals surface area contributed by atoms with Gasteiger partial charge in [-0.3, -0.25) is 4.79 Å². The van der Waals surface area contributed by atoms with Crippen molar-refractivity contribution in [2.24, 2.45) is 0 Å². The third kappa shape index (κ3) is 4.31. The SMILES string of the molecule is CCOC(=O)Cc1c(OC(F)(F)F)ncc(O)c1C. The second kappa shape index (κ2) is 5.77. The fraction of sp³-hybridized carbons (Fsp3) is 0.455. The number of hydrogen-bond acceptors (Lipinski definition) is 5. The monoisotopic (exact) mass is 279 g/mol. The summed E-state index contributed by atoms with van der Waals surface area (Å²) in [4.78, 5) is 14.7. The molecule has 0 unspecified atom stereocenters. The quantitative estimate of drug-likeness (QED) is 0.855. The molecule has 0 aliphatic rings. The van der Waals surface area contributed by atoms with Gasteiger partial charge in [0.05, 0.1) is 19.2 Å². The number of alkyl halides is 3. The van der Waals surface area contributed by atoms with Crippen LogP contribution in [0.15, 0.2) is 6.20 Å². The van der Waals surface area contributed by atoms with E-state index in [4.69, 9.17) is 0 Å². The number of halogens is 3. The average Bonchev–Trinajstić information content (AvgIpc) is 2.27. The Balaban J connectivity index is 3.10. The standard InChI is InChI=1S/C11H12F3NO4/c1-3-18-9(17)4-7-6(2)8(16)5-15-10(7)19-11(12,13)14/h5,16H,3-4H2,1-2H3. The summed E-state index contributed by atoms with van der Waals surface area (Å²) >= 11 is 0. The summed E-state index contributed by atoms with van der Waals surface area (Å²) in [6, 6.07) is 0. The van der Waals surface area contributed by atoms with Gasteiger partial charge in [0.1, 0.15) is 5.75 Å². The zero-order valence-electron chi connectivity index (χ0n) is 10.2. The molecular formula is C11H12F3NO4. The number of pyridine rings is 1. The summed E-state index contributed by atoms with van der Waals surface area (Å²) in [5.74, 6) is -1.82. The van der Waals surface area contributed by atoms with Crippen LogP contribution < -0.4 is 4.74 Å². The Bertz CT molecular complexity index is 474. The van der Waals surface area contributed by atoms with Crippen molar-refractivity contribution in [3.05, 3.63) is 17.3 Å². The Morgan fingerprint density at radius 3 is 2.63 bits per heavy atom. The van der Waals surface area contributed by atoms with Gasteiger partial charge in [-0.25, -0.2) is 4.98 Å². The Labute approximate surface area is 107 Å². The van der Waals surface area contributed by atoms with E-state index in [-0.39, 0.29) is 23.5 Å². The highest BCUT2D eigenvalue weighted by Gasteiger charge is 2.33. The number of carbonyl (C=O) groups is 1. The van der Waals surface area contributed by atoms with E-state index in [1.165, 1.54) is 6.92 Å². The lowest BCUT2D eigenvalue weighted by Gasteiger charge is -2.14. The van der Waals surface area contributed by atoms with E-state index in [1.807, 2.05) is 0 Å². The molecule has 0 aliphatic heterocycles. The fourth-order valence-corrected chi connectivity index (χ4v) is 1.37. The number of nitrogens with zero attached hydrogens (tertiary/aromatic N) is 1. The summed E-state index contributed by atoms with van der Waals surface area (Å²) in [7, 11) is 0. The van der Waals surface area contributed by atoms with Crippen LogP contribution in [-0.4, -0.2) is 29.0 Å². The highest BCUT2D eigenvalue weighted by Crippen LogP contribution is 2.30. The van der Waals surface area contributed by atoms with Crippen molar-refractivity contribution in [3.63, 3.8) is 0 Å². The topological polar surface area (TPSA) is 68.7 Å². The third-order valence-electron chi connectivity index (χ3n) is 2.24. The van der Waals surface area contributed by atoms with Crippen LogP contribution in [0.3, 0.4) is 0 Å². The van der Waals surface area contributed by atoms with Crippen molar-refractivity contribution in [3.8, 4) is 11.6 Å². The maximum atomic E-state index is 12.2. The zero-order valence-corrected chi connectivity index (χ0v) is 10.2. The van der Waals surface area contributed by atoms with E-state index in [9.17, 15) is 23.1 Å². The molecular weight excluding hydrogens is 267 g/mol. The van der Waals surface area contributed by atoms with E-state index in [0.29, 0.717) is 0 Å². The minimum absolute atomic E-state index is 0.0855. The van der Waals surface area contributed by atoms with Crippen molar-refractivity contribution in [1.82, 2.24) is 4.98 Å². The molecule has 0 fully saturated rings. The molecule has 0 spiro atoms. The van der Waals surface area contributed by atoms with E-state index >= 15 is 0 Å². The molecule has 1 heterocycles. The van der Waals surface area contributed by atoms with Gasteiger partial charge in [-0.15, -0.1) is 13.2 Å². The Hall–Kier alpha value is -1.99. The molecule has 0 saturated heterocycles. The normalized spacial score (nSPS) is 11.2. The smallest absolute Gasteiger partial charge is 0.506 e. The minimum Gasteiger partial charge on any atom is -0.506 e. The molecule has 1 rings (SSSR count). The van der Waals surface area contributed by atoms with Gasteiger partial charge in [0, 0.05) is 11.1 Å². The summed E-state index contributed by atoms with van der Waals surface area (Å²) in [5.41, 5.74) is -0.0712. The molecule has 1 aromatic heterocycles. The van der Waals surface area contributed by atoms with Crippen LogP contribution in [0.2, 0.25) is 0 Å². The molecule has 0 aliphatic carbocycles. The number of ether oxygens (including phenoxy) is 2. The molecule has 1 aromatic rings. The van der Waals surface area contributed by atoms with Crippen LogP contribution in [0.1, 0.15) is 18.1 Å². The van der Waals surface area contributed by atoms with E-state index in [1.54, 1.807) is 6.92 Å². The third-order valence-corrected chi connectivity index (χ3v) is 2.24. The van der Waals surface area contributed by atoms with Gasteiger partial charge < -0.3 is 14.6 Å². The van der Waals surface area contributed by atoms with Crippen LogP contribution >= 0.6 is 0 Å². The number of rotatable bonds is 4. The van der Waals surface area contributed by atoms with Gasteiger partial charge in [-0.2, -0.15) is 0 Å². The van der Waals surface area contributed by atoms with Crippen LogP contribution in [0.5, 0.6) is 11.6 Å². The minimum atomic E-state index is -4.93. The highest BCUT2D eigenvalue weighted by molar-refractivity contribution is 5.74. The molecule has 0 saturated carbocycles. The second-order valence-electron chi connectivity index (χ2n) is 3.58. The Morgan fingerprint density at radius 2 is 2.11 bits per heavy atom. The number of aromatic hydroxyl groups is 1. The van der Waals surface area contributed by atoms with E-state index in [0.717, 1.165) is 6.20 Å². The van der Waals surface area contributed by atoms with Crippen LogP contribution in [0, 0.1) is 6.92 Å². The number of carbonyl (C=O) groups excluding carboxylic acids is 1. The Kier molecular flexibility index (Phi) is 4.57. The molecule has 1 N–H and O–H groups in total. The second-order valence-corrected chi connectivity index (χ2v) is 3.58. The van der Waals surface area contributed by atoms with Crippen molar-refractivity contribution < 1.29 is 32.5 Å². The predicted octanol–water partition coefficient (Wildman–Crippen LogP) is 2.10. The molecule has 5 nitrogen and oxygen atoms in total. The number of esters is 1. The lowest BCUT2D eigenvalue weighted by molar-refractivity contribution is -0.276. The number of aromatic nitrogens is 1. The zero-order chi connectivity index (χ0) is 14.6. The first-order valence-corrected chi connectivity index (χ1v) is 5.33. The fourth-order valence-electron chi connectivity index (χ4n) is 1.37. The molecule has 0 atom stereocenters. The highest BCUT2D eigenvalue weighted by atomic mass is 19.4. The van der Waals surface area contributed by atoms with Gasteiger partial charge in [-0.1, -0.05) is 0 Å². The molecule has 0 bridgehead atoms. The molecule has 0 aromatic carbocycles. The Morgan fingerprint density at radius 1 is 1.47 bits per heavy atom. The summed E-state index contributed by atoms with van der Waals surface area (Å²) < 4.78 is 45.0. The van der Waals surface area contributed by atoms with Crippen molar-refractivity contribution >= 4 is 5.97 Å². The average molecular weight is 279 g/mol. The lowest BCUT2D eigenvalue weighted by Crippen LogP contribution is -2.20. The first-order valence-electron chi connectivity index (χ1n) is 5.33. The first-order chi connectivity index (χ1) is 8.74. The molecule has 0 amide bonds. The summed E-state index contributed by atoms with van der Waals surface area (Å²) in [6.45, 7) is 3.02. The van der Waals surface area contributed by atoms with Crippen molar-refractivity contribution in [2.45, 2.75) is 26.6 Å². The first kappa shape index (κ1) is 15.1. The van der Waals surface area contributed by atoms with Crippen LogP contribution in [0.4, 0.5) is 13.2 Å². The van der Waals surface area contributed by atoms with Gasteiger partial charge in [0.15, 0.2) is 0 Å². The molecule has 106 valence electrons. The summed E-state index contributed by atoms with van der Waals surface area (Å²) in [5, 5.41) is 9.41. The lowest BCUT2D eigenvalue weighted by atomic mass is 10.1. The maximum Gasteiger partial charge on any atom is 0.574 e. The molecule has 0 radical (unpaired) electrons. The van der Waals surface area contributed by atoms with Gasteiger partial charge in [-0.05, 0) is 13.8 Å². The maximum absolute atomic E-state index is 12.2. The van der Waals surface area contributed by atoms with Gasteiger partial charge in [0.2, 0.25) is 5.88 Å². The van der Waals surface area contributed by atoms with E-state index in [2.05, 4.69) is 14.5 Å². The van der Waals surface area contributed by atoms with Gasteiger partial charge in [0.25, 0.3) is 0 Å². The largest absolute Gasteiger partial charge is 0.574 e. The molecule has 19 heavy (non-hydrogen) atoms. The van der Waals surface area contributed by atoms with Crippen molar-refractivity contribution in [1.29, 1.82) is 0 Å². The number of hydrogen-bond donors (Lipinski definition) is 1. The van der Waals surface area contributed by atoms with Gasteiger partial charge >= 0.3 is 12.3 Å². The van der Waals surface area contributed by atoms with Crippen LogP contribution in [0.25, 0.3) is 0 Å².